The molecule has 0 saturated carbocycles. The lowest BCUT2D eigenvalue weighted by molar-refractivity contribution is -0.433. The van der Waals surface area contributed by atoms with E-state index in [1.165, 1.54) is 11.9 Å². The number of halogens is 1. The molecule has 7 heteroatoms. The third kappa shape index (κ3) is 2.39. The van der Waals surface area contributed by atoms with Crippen molar-refractivity contribution in [3.05, 3.63) is 56.4 Å². The zero-order chi connectivity index (χ0) is 14.2. The van der Waals surface area contributed by atoms with E-state index in [0.717, 1.165) is 0 Å². The highest BCUT2D eigenvalue weighted by Gasteiger charge is 2.37. The van der Waals surface area contributed by atoms with Crippen LogP contribution in [-0.4, -0.2) is 22.9 Å². The number of nitrogens with one attached hydrogen (secondary N) is 1. The smallest absolute Gasteiger partial charge is 0.321 e. The molecule has 1 aliphatic rings. The molecule has 1 heterocycles. The molecular weight excluding hydrogens is 270 g/mol. The van der Waals surface area contributed by atoms with Crippen molar-refractivity contribution in [1.29, 1.82) is 0 Å². The van der Waals surface area contributed by atoms with Crippen LogP contribution in [0.25, 0.3) is 0 Å². The van der Waals surface area contributed by atoms with Gasteiger partial charge in [0.2, 0.25) is 0 Å². The van der Waals surface area contributed by atoms with Crippen LogP contribution in [0.2, 0.25) is 5.02 Å². The van der Waals surface area contributed by atoms with Crippen molar-refractivity contribution in [1.82, 2.24) is 10.2 Å². The molecule has 0 spiro atoms. The maximum atomic E-state index is 11.8. The fourth-order valence-corrected chi connectivity index (χ4v) is 2.08. The highest BCUT2D eigenvalue weighted by Crippen LogP contribution is 2.30. The molecule has 0 aliphatic carbocycles. The van der Waals surface area contributed by atoms with E-state index in [1.54, 1.807) is 31.2 Å². The molecule has 2 amide bonds. The second kappa shape index (κ2) is 4.89. The Hall–Kier alpha value is -2.08. The number of carbonyl (C=O) groups is 1. The molecule has 0 fully saturated rings. The minimum absolute atomic E-state index is 0.0376. The van der Waals surface area contributed by atoms with E-state index in [0.29, 0.717) is 16.3 Å². The molecule has 100 valence electrons. The molecule has 0 bridgehead atoms. The third-order valence-electron chi connectivity index (χ3n) is 3.12. The van der Waals surface area contributed by atoms with Gasteiger partial charge < -0.3 is 5.32 Å². The first-order valence-electron chi connectivity index (χ1n) is 5.56. The van der Waals surface area contributed by atoms with Crippen LogP contribution in [0.5, 0.6) is 0 Å². The molecule has 1 aromatic carbocycles. The van der Waals surface area contributed by atoms with Gasteiger partial charge in [-0.3, -0.25) is 15.0 Å². The van der Waals surface area contributed by atoms with E-state index in [-0.39, 0.29) is 11.7 Å². The van der Waals surface area contributed by atoms with Gasteiger partial charge in [0.1, 0.15) is 6.04 Å². The summed E-state index contributed by atoms with van der Waals surface area (Å²) in [6.07, 6.45) is 0. The summed E-state index contributed by atoms with van der Waals surface area (Å²) < 4.78 is 0. The van der Waals surface area contributed by atoms with Crippen molar-refractivity contribution in [2.45, 2.75) is 13.0 Å². The van der Waals surface area contributed by atoms with Crippen LogP contribution >= 0.6 is 11.6 Å². The van der Waals surface area contributed by atoms with Gasteiger partial charge in [0.25, 0.3) is 5.70 Å². The number of nitro groups is 1. The Labute approximate surface area is 114 Å². The first-order chi connectivity index (χ1) is 8.91. The van der Waals surface area contributed by atoms with Crippen molar-refractivity contribution in [2.24, 2.45) is 0 Å². The number of hydrogen-bond acceptors (Lipinski definition) is 3. The van der Waals surface area contributed by atoms with Crippen molar-refractivity contribution in [2.75, 3.05) is 7.05 Å². The average Bonchev–Trinajstić information content (AvgIpc) is 2.36. The van der Waals surface area contributed by atoms with Crippen molar-refractivity contribution >= 4 is 17.6 Å². The number of allylic oxidation sites excluding steroid dienone is 1. The summed E-state index contributed by atoms with van der Waals surface area (Å²) in [4.78, 5) is 23.7. The number of rotatable bonds is 2. The van der Waals surface area contributed by atoms with E-state index in [4.69, 9.17) is 11.6 Å². The van der Waals surface area contributed by atoms with Crippen LogP contribution in [0.15, 0.2) is 35.7 Å². The zero-order valence-electron chi connectivity index (χ0n) is 10.4. The van der Waals surface area contributed by atoms with Gasteiger partial charge in [0, 0.05) is 12.1 Å². The molecule has 0 saturated heterocycles. The highest BCUT2D eigenvalue weighted by molar-refractivity contribution is 6.30. The average molecular weight is 282 g/mol. The molecule has 19 heavy (non-hydrogen) atoms. The number of benzene rings is 1. The van der Waals surface area contributed by atoms with Crippen LogP contribution in [0.3, 0.4) is 0 Å². The van der Waals surface area contributed by atoms with Gasteiger partial charge in [-0.2, -0.15) is 0 Å². The fraction of sp³-hybridized carbons (Fsp3) is 0.250. The maximum absolute atomic E-state index is 11.8. The lowest BCUT2D eigenvalue weighted by Crippen LogP contribution is -2.45. The summed E-state index contributed by atoms with van der Waals surface area (Å²) in [5.74, 6) is 0. The maximum Gasteiger partial charge on any atom is 0.322 e. The van der Waals surface area contributed by atoms with Crippen LogP contribution in [0.4, 0.5) is 4.79 Å². The van der Waals surface area contributed by atoms with Crippen LogP contribution < -0.4 is 5.32 Å². The first-order valence-corrected chi connectivity index (χ1v) is 5.94. The molecule has 1 atom stereocenters. The summed E-state index contributed by atoms with van der Waals surface area (Å²) in [5, 5.41) is 14.4. The number of nitrogens with zero attached hydrogens (tertiary/aromatic N) is 2. The van der Waals surface area contributed by atoms with Gasteiger partial charge in [-0.1, -0.05) is 23.7 Å². The molecular formula is C12H12ClN3O3. The second-order valence-corrected chi connectivity index (χ2v) is 4.66. The summed E-state index contributed by atoms with van der Waals surface area (Å²) >= 11 is 5.79. The SMILES string of the molecule is CC1=C([N+](=O)[O-])[C@@H](c2ccc(Cl)cc2)NC(=O)N1C. The molecule has 0 radical (unpaired) electrons. The zero-order valence-corrected chi connectivity index (χ0v) is 11.1. The standard InChI is InChI=1S/C12H12ClN3O3/c1-7-11(16(18)19)10(14-12(17)15(7)2)8-3-5-9(13)6-4-8/h3-6,10H,1-2H3,(H,14,17)/t10-/m1/s1. The Balaban J connectivity index is 2.51. The van der Waals surface area contributed by atoms with E-state index in [2.05, 4.69) is 5.32 Å². The number of carbonyl (C=O) groups excluding carboxylic acids is 1. The second-order valence-electron chi connectivity index (χ2n) is 4.22. The van der Waals surface area contributed by atoms with Crippen LogP contribution in [0, 0.1) is 10.1 Å². The molecule has 0 unspecified atom stereocenters. The van der Waals surface area contributed by atoms with Gasteiger partial charge in [-0.25, -0.2) is 4.79 Å². The van der Waals surface area contributed by atoms with Gasteiger partial charge in [-0.15, -0.1) is 0 Å². The van der Waals surface area contributed by atoms with Crippen molar-refractivity contribution in [3.8, 4) is 0 Å². The van der Waals surface area contributed by atoms with Crippen LogP contribution in [0.1, 0.15) is 18.5 Å². The normalized spacial score (nSPS) is 19.4. The fourth-order valence-electron chi connectivity index (χ4n) is 1.96. The quantitative estimate of drug-likeness (QED) is 0.668. The molecule has 2 rings (SSSR count). The van der Waals surface area contributed by atoms with Gasteiger partial charge in [0.15, 0.2) is 0 Å². The van der Waals surface area contributed by atoms with E-state index in [1.807, 2.05) is 0 Å². The van der Waals surface area contributed by atoms with Crippen LogP contribution in [-0.2, 0) is 0 Å². The number of urea groups is 1. The molecule has 6 nitrogen and oxygen atoms in total. The lowest BCUT2D eigenvalue weighted by atomic mass is 10.0. The van der Waals surface area contributed by atoms with E-state index in [9.17, 15) is 14.9 Å². The highest BCUT2D eigenvalue weighted by atomic mass is 35.5. The van der Waals surface area contributed by atoms with E-state index >= 15 is 0 Å². The summed E-state index contributed by atoms with van der Waals surface area (Å²) in [6.45, 7) is 1.56. The minimum Gasteiger partial charge on any atom is -0.321 e. The summed E-state index contributed by atoms with van der Waals surface area (Å²) in [7, 11) is 1.49. The topological polar surface area (TPSA) is 75.5 Å². The Morgan fingerprint density at radius 2 is 1.95 bits per heavy atom. The third-order valence-corrected chi connectivity index (χ3v) is 3.37. The molecule has 1 aromatic rings. The lowest BCUT2D eigenvalue weighted by Gasteiger charge is -2.29. The number of hydrogen-bond donors (Lipinski definition) is 1. The Morgan fingerprint density at radius 3 is 2.47 bits per heavy atom. The minimum atomic E-state index is -0.768. The molecule has 1 aliphatic heterocycles. The largest absolute Gasteiger partial charge is 0.322 e. The van der Waals surface area contributed by atoms with Crippen molar-refractivity contribution in [3.63, 3.8) is 0 Å². The Bertz CT molecular complexity index is 568. The number of amides is 2. The van der Waals surface area contributed by atoms with Gasteiger partial charge in [0.05, 0.1) is 10.6 Å². The summed E-state index contributed by atoms with van der Waals surface area (Å²) in [6, 6.07) is 5.45. The van der Waals surface area contributed by atoms with E-state index < -0.39 is 11.0 Å². The van der Waals surface area contributed by atoms with Crippen molar-refractivity contribution < 1.29 is 9.72 Å². The monoisotopic (exact) mass is 281 g/mol. The molecule has 1 N–H and O–H groups in total. The Kier molecular flexibility index (Phi) is 3.44. The molecule has 0 aromatic heterocycles. The van der Waals surface area contributed by atoms with Gasteiger partial charge in [-0.05, 0) is 24.6 Å². The Morgan fingerprint density at radius 1 is 1.37 bits per heavy atom. The first kappa shape index (κ1) is 13.4. The predicted octanol–water partition coefficient (Wildman–Crippen LogP) is 2.54. The summed E-state index contributed by atoms with van der Waals surface area (Å²) in [5.41, 5.74) is 0.912. The van der Waals surface area contributed by atoms with Gasteiger partial charge >= 0.3 is 6.03 Å². The predicted molar refractivity (Wildman–Crippen MR) is 70.2 cm³/mol.